The van der Waals surface area contributed by atoms with Crippen molar-refractivity contribution in [3.05, 3.63) is 48.0 Å². The molecule has 0 saturated carbocycles. The summed E-state index contributed by atoms with van der Waals surface area (Å²) >= 11 is 0. The van der Waals surface area contributed by atoms with Gasteiger partial charge in [-0.15, -0.1) is 6.58 Å². The third-order valence-electron chi connectivity index (χ3n) is 6.51. The van der Waals surface area contributed by atoms with Crippen LogP contribution < -0.4 is 10.6 Å². The lowest BCUT2D eigenvalue weighted by molar-refractivity contribution is -0.142. The quantitative estimate of drug-likeness (QED) is 0.306. The van der Waals surface area contributed by atoms with Crippen molar-refractivity contribution in [2.24, 2.45) is 5.92 Å². The maximum absolute atomic E-state index is 13.8. The van der Waals surface area contributed by atoms with Crippen LogP contribution in [0.25, 0.3) is 0 Å². The molecule has 9 heteroatoms. The topological polar surface area (TPSA) is 122 Å². The summed E-state index contributed by atoms with van der Waals surface area (Å²) in [6.45, 7) is 9.15. The van der Waals surface area contributed by atoms with Gasteiger partial charge in [-0.3, -0.25) is 19.2 Å². The Labute approximate surface area is 211 Å². The summed E-state index contributed by atoms with van der Waals surface area (Å²) in [5.74, 6) is -1.82. The van der Waals surface area contributed by atoms with Crippen LogP contribution in [0.3, 0.4) is 0 Å². The first-order valence-electron chi connectivity index (χ1n) is 12.3. The average molecular weight is 498 g/mol. The highest BCUT2D eigenvalue weighted by Crippen LogP contribution is 2.31. The van der Waals surface area contributed by atoms with E-state index in [9.17, 15) is 24.0 Å². The molecule has 1 aliphatic heterocycles. The number of benzene rings is 1. The number of rotatable bonds is 9. The van der Waals surface area contributed by atoms with Gasteiger partial charge in [0.2, 0.25) is 17.6 Å². The van der Waals surface area contributed by atoms with Gasteiger partial charge in [-0.1, -0.05) is 30.3 Å². The molecule has 3 atom stereocenters. The fourth-order valence-electron chi connectivity index (χ4n) is 4.89. The monoisotopic (exact) mass is 497 g/mol. The van der Waals surface area contributed by atoms with Crippen molar-refractivity contribution in [1.82, 2.24) is 15.5 Å². The first-order valence-corrected chi connectivity index (χ1v) is 12.3. The zero-order chi connectivity index (χ0) is 26.5. The van der Waals surface area contributed by atoms with Gasteiger partial charge in [0.15, 0.2) is 6.29 Å². The number of hydrogen-bond donors (Lipinski definition) is 2. The molecule has 0 aromatic heterocycles. The van der Waals surface area contributed by atoms with Crippen molar-refractivity contribution < 1.29 is 28.7 Å². The first-order chi connectivity index (χ1) is 17.0. The van der Waals surface area contributed by atoms with E-state index in [-0.39, 0.29) is 24.5 Å². The van der Waals surface area contributed by atoms with Gasteiger partial charge in [0.1, 0.15) is 17.7 Å². The van der Waals surface area contributed by atoms with E-state index in [1.54, 1.807) is 20.8 Å². The van der Waals surface area contributed by atoms with Gasteiger partial charge in [-0.05, 0) is 69.9 Å². The van der Waals surface area contributed by atoms with Crippen molar-refractivity contribution in [2.75, 3.05) is 6.54 Å². The Kier molecular flexibility index (Phi) is 8.66. The number of aldehydes is 1. The van der Waals surface area contributed by atoms with Crippen LogP contribution in [0.4, 0.5) is 4.79 Å². The molecule has 194 valence electrons. The minimum atomic E-state index is -1.02. The normalized spacial score (nSPS) is 19.1. The number of ketones is 1. The lowest BCUT2D eigenvalue weighted by Crippen LogP contribution is -2.57. The summed E-state index contributed by atoms with van der Waals surface area (Å²) < 4.78 is 5.43. The minimum absolute atomic E-state index is 0.104. The molecule has 2 aliphatic rings. The van der Waals surface area contributed by atoms with Crippen LogP contribution in [-0.4, -0.2) is 65.1 Å². The van der Waals surface area contributed by atoms with Crippen LogP contribution in [0, 0.1) is 5.92 Å². The molecule has 9 nitrogen and oxygen atoms in total. The minimum Gasteiger partial charge on any atom is -0.444 e. The molecular weight excluding hydrogens is 462 g/mol. The fraction of sp³-hybridized carbons (Fsp3) is 0.519. The highest BCUT2D eigenvalue weighted by Gasteiger charge is 2.43. The van der Waals surface area contributed by atoms with Crippen molar-refractivity contribution in [3.63, 3.8) is 0 Å². The summed E-state index contributed by atoms with van der Waals surface area (Å²) in [7, 11) is 0. The smallest absolute Gasteiger partial charge is 0.408 e. The lowest BCUT2D eigenvalue weighted by atomic mass is 9.95. The molecule has 0 radical (unpaired) electrons. The van der Waals surface area contributed by atoms with Gasteiger partial charge in [0.05, 0.1) is 6.04 Å². The van der Waals surface area contributed by atoms with Gasteiger partial charge < -0.3 is 20.3 Å². The summed E-state index contributed by atoms with van der Waals surface area (Å²) in [5, 5.41) is 5.37. The van der Waals surface area contributed by atoms with E-state index in [0.29, 0.717) is 32.2 Å². The predicted molar refractivity (Wildman–Crippen MR) is 133 cm³/mol. The largest absolute Gasteiger partial charge is 0.444 e. The lowest BCUT2D eigenvalue weighted by Gasteiger charge is -2.32. The number of carbonyl (C=O) groups is 5. The Balaban J connectivity index is 1.80. The molecule has 1 fully saturated rings. The van der Waals surface area contributed by atoms with E-state index in [0.717, 1.165) is 11.1 Å². The highest BCUT2D eigenvalue weighted by atomic mass is 16.6. The first kappa shape index (κ1) is 27.1. The van der Waals surface area contributed by atoms with E-state index >= 15 is 0 Å². The molecule has 0 bridgehead atoms. The van der Waals surface area contributed by atoms with Gasteiger partial charge in [0, 0.05) is 6.54 Å². The fourth-order valence-corrected chi connectivity index (χ4v) is 4.89. The van der Waals surface area contributed by atoms with E-state index in [4.69, 9.17) is 4.74 Å². The van der Waals surface area contributed by atoms with Crippen LogP contribution in [0.1, 0.15) is 51.2 Å². The van der Waals surface area contributed by atoms with Crippen LogP contribution in [-0.2, 0) is 36.8 Å². The van der Waals surface area contributed by atoms with Crippen molar-refractivity contribution >= 4 is 30.0 Å². The number of nitrogens with zero attached hydrogens (tertiary/aromatic N) is 1. The second-order valence-electron chi connectivity index (χ2n) is 10.4. The molecule has 0 spiro atoms. The van der Waals surface area contributed by atoms with Crippen molar-refractivity contribution in [3.8, 4) is 0 Å². The second-order valence-corrected chi connectivity index (χ2v) is 10.4. The molecule has 2 N–H and O–H groups in total. The zero-order valence-corrected chi connectivity index (χ0v) is 21.1. The number of amides is 3. The average Bonchev–Trinajstić information content (AvgIpc) is 3.47. The molecule has 3 amide bonds. The number of fused-ring (bicyclic) bond motifs is 1. The number of nitrogens with one attached hydrogen (secondary N) is 2. The van der Waals surface area contributed by atoms with Gasteiger partial charge in [-0.2, -0.15) is 0 Å². The molecule has 36 heavy (non-hydrogen) atoms. The molecule has 1 heterocycles. The number of carbonyl (C=O) groups excluding carboxylic acids is 5. The number of alkyl carbamates (subject to hydrolysis) is 1. The summed E-state index contributed by atoms with van der Waals surface area (Å²) in [5.41, 5.74) is 1.51. The number of ether oxygens (including phenoxy) is 1. The van der Waals surface area contributed by atoms with E-state index in [1.807, 2.05) is 24.3 Å². The maximum atomic E-state index is 13.8. The molecule has 3 rings (SSSR count). The zero-order valence-electron chi connectivity index (χ0n) is 21.1. The highest BCUT2D eigenvalue weighted by molar-refractivity contribution is 6.28. The van der Waals surface area contributed by atoms with Crippen LogP contribution in [0.2, 0.25) is 0 Å². The van der Waals surface area contributed by atoms with E-state index < -0.39 is 41.5 Å². The number of Topliss-reactive ketones (excluding diaryl/α,β-unsaturated/α-hetero) is 1. The van der Waals surface area contributed by atoms with Crippen LogP contribution in [0.15, 0.2) is 36.9 Å². The summed E-state index contributed by atoms with van der Waals surface area (Å²) in [6, 6.07) is 5.20. The van der Waals surface area contributed by atoms with Crippen molar-refractivity contribution in [1.29, 1.82) is 0 Å². The Morgan fingerprint density at radius 1 is 1.14 bits per heavy atom. The number of likely N-dealkylation sites (tertiary alicyclic amines) is 1. The molecule has 3 unspecified atom stereocenters. The molecule has 1 saturated heterocycles. The second kappa shape index (κ2) is 11.5. The number of hydrogen-bond acceptors (Lipinski definition) is 6. The van der Waals surface area contributed by atoms with Crippen molar-refractivity contribution in [2.45, 2.75) is 76.6 Å². The van der Waals surface area contributed by atoms with Gasteiger partial charge in [0.25, 0.3) is 0 Å². The molecular formula is C27H35N3O6. The third-order valence-corrected chi connectivity index (χ3v) is 6.51. The Morgan fingerprint density at radius 3 is 2.33 bits per heavy atom. The van der Waals surface area contributed by atoms with E-state index in [2.05, 4.69) is 17.2 Å². The Bertz CT molecular complexity index is 1010. The summed E-state index contributed by atoms with van der Waals surface area (Å²) in [6.07, 6.45) is 3.27. The summed E-state index contributed by atoms with van der Waals surface area (Å²) in [4.78, 5) is 64.0. The van der Waals surface area contributed by atoms with Gasteiger partial charge in [-0.25, -0.2) is 4.79 Å². The SMILES string of the molecule is C=CCC(NC(=O)C1CCCN1C(=O)C(NC(=O)OC(C)(C)C)C1Cc2ccccc2C1)C(=O)C=O. The molecule has 1 aromatic carbocycles. The molecule has 1 aromatic rings. The third kappa shape index (κ3) is 6.59. The van der Waals surface area contributed by atoms with Gasteiger partial charge >= 0.3 is 6.09 Å². The van der Waals surface area contributed by atoms with Crippen LogP contribution >= 0.6 is 0 Å². The maximum Gasteiger partial charge on any atom is 0.408 e. The standard InChI is InChI=1S/C27H35N3O6/c1-5-9-20(22(32)16-31)28-24(33)21-12-8-13-30(21)25(34)23(29-26(35)36-27(2,3)4)19-14-17-10-6-7-11-18(17)15-19/h5-7,10-11,16,19-21,23H,1,8-9,12-15H2,2-4H3,(H,28,33)(H,29,35). The van der Waals surface area contributed by atoms with E-state index in [1.165, 1.54) is 11.0 Å². The molecule has 1 aliphatic carbocycles. The van der Waals surface area contributed by atoms with Crippen LogP contribution in [0.5, 0.6) is 0 Å². The Hall–Kier alpha value is -3.49. The predicted octanol–water partition coefficient (Wildman–Crippen LogP) is 2.11. The Morgan fingerprint density at radius 2 is 1.78 bits per heavy atom.